The molecule has 0 N–H and O–H groups in total. The number of halogens is 1. The molecule has 0 bridgehead atoms. The Morgan fingerprint density at radius 2 is 1.74 bits per heavy atom. The molecular formula is C17H25BrO4S. The van der Waals surface area contributed by atoms with Crippen LogP contribution in [-0.2, 0) is 19.0 Å². The lowest BCUT2D eigenvalue weighted by Gasteiger charge is -2.27. The third-order valence-electron chi connectivity index (χ3n) is 4.04. The maximum Gasteiger partial charge on any atom is 0.296 e. The summed E-state index contributed by atoms with van der Waals surface area (Å²) >= 11 is 3.67. The van der Waals surface area contributed by atoms with Crippen LogP contribution in [0.3, 0.4) is 0 Å². The normalized spacial score (nSPS) is 22.2. The Morgan fingerprint density at radius 1 is 1.09 bits per heavy atom. The van der Waals surface area contributed by atoms with Crippen LogP contribution in [0.1, 0.15) is 44.1 Å². The molecule has 0 heterocycles. The minimum atomic E-state index is -3.64. The number of ether oxygens (including phenoxy) is 1. The largest absolute Gasteiger partial charge is 0.377 e. The van der Waals surface area contributed by atoms with E-state index < -0.39 is 10.1 Å². The van der Waals surface area contributed by atoms with E-state index in [0.29, 0.717) is 24.0 Å². The maximum atomic E-state index is 12.0. The van der Waals surface area contributed by atoms with E-state index in [2.05, 4.69) is 15.9 Å². The van der Waals surface area contributed by atoms with Gasteiger partial charge in [-0.2, -0.15) is 8.42 Å². The van der Waals surface area contributed by atoms with Crippen molar-refractivity contribution in [3.05, 3.63) is 29.8 Å². The summed E-state index contributed by atoms with van der Waals surface area (Å²) in [5.74, 6) is 0. The second-order valence-corrected chi connectivity index (χ2v) is 8.80. The summed E-state index contributed by atoms with van der Waals surface area (Å²) in [6.07, 6.45) is 6.53. The molecule has 1 aromatic carbocycles. The van der Waals surface area contributed by atoms with E-state index in [9.17, 15) is 8.42 Å². The number of alkyl halides is 1. The summed E-state index contributed by atoms with van der Waals surface area (Å²) in [6.45, 7) is 2.77. The summed E-state index contributed by atoms with van der Waals surface area (Å²) in [4.78, 5) is 0.665. The van der Waals surface area contributed by atoms with Gasteiger partial charge in [-0.15, -0.1) is 0 Å². The highest BCUT2D eigenvalue weighted by Gasteiger charge is 2.23. The molecule has 2 rings (SSSR count). The van der Waals surface area contributed by atoms with Crippen molar-refractivity contribution in [2.45, 2.75) is 61.3 Å². The molecule has 1 aliphatic carbocycles. The molecule has 0 saturated heterocycles. The van der Waals surface area contributed by atoms with Gasteiger partial charge in [0.1, 0.15) is 0 Å². The average Bonchev–Trinajstić information content (AvgIpc) is 2.52. The standard InChI is InChI=1S/C17H25BrO4S/c1-14-8-10-15(11-9-14)23(19,20)22-13-5-4-12-21-17-7-3-2-6-16(17)18/h8-11,16-17H,2-7,12-13H2,1H3/t16-,17-/m1/s1. The predicted molar refractivity (Wildman–Crippen MR) is 94.5 cm³/mol. The van der Waals surface area contributed by atoms with Gasteiger partial charge in [-0.05, 0) is 44.7 Å². The highest BCUT2D eigenvalue weighted by Crippen LogP contribution is 2.27. The van der Waals surface area contributed by atoms with E-state index in [1.165, 1.54) is 19.3 Å². The van der Waals surface area contributed by atoms with Crippen molar-refractivity contribution in [1.82, 2.24) is 0 Å². The number of hydrogen-bond donors (Lipinski definition) is 0. The van der Waals surface area contributed by atoms with Gasteiger partial charge in [0.15, 0.2) is 0 Å². The first-order chi connectivity index (χ1) is 11.0. The molecule has 1 fully saturated rings. The van der Waals surface area contributed by atoms with E-state index in [-0.39, 0.29) is 11.5 Å². The zero-order chi connectivity index (χ0) is 16.7. The molecule has 1 aliphatic rings. The Hall–Kier alpha value is -0.430. The first-order valence-corrected chi connectivity index (χ1v) is 10.5. The molecule has 0 aromatic heterocycles. The van der Waals surface area contributed by atoms with Crippen molar-refractivity contribution in [3.63, 3.8) is 0 Å². The van der Waals surface area contributed by atoms with Gasteiger partial charge in [0, 0.05) is 11.4 Å². The van der Waals surface area contributed by atoms with E-state index in [1.54, 1.807) is 24.3 Å². The third kappa shape index (κ3) is 6.18. The molecule has 1 aromatic rings. The second-order valence-electron chi connectivity index (χ2n) is 6.01. The van der Waals surface area contributed by atoms with E-state index in [0.717, 1.165) is 18.4 Å². The minimum absolute atomic E-state index is 0.196. The summed E-state index contributed by atoms with van der Waals surface area (Å²) in [6, 6.07) is 6.69. The lowest BCUT2D eigenvalue weighted by Crippen LogP contribution is -2.28. The van der Waals surface area contributed by atoms with Crippen molar-refractivity contribution in [2.75, 3.05) is 13.2 Å². The molecule has 0 radical (unpaired) electrons. The van der Waals surface area contributed by atoms with E-state index >= 15 is 0 Å². The van der Waals surface area contributed by atoms with Crippen molar-refractivity contribution in [2.24, 2.45) is 0 Å². The van der Waals surface area contributed by atoms with Gasteiger partial charge in [0.25, 0.3) is 10.1 Å². The van der Waals surface area contributed by atoms with E-state index in [4.69, 9.17) is 8.92 Å². The summed E-state index contributed by atoms with van der Waals surface area (Å²) < 4.78 is 35.0. The molecule has 0 spiro atoms. The number of hydrogen-bond acceptors (Lipinski definition) is 4. The van der Waals surface area contributed by atoms with Gasteiger partial charge < -0.3 is 4.74 Å². The SMILES string of the molecule is Cc1ccc(S(=O)(=O)OCCCCO[C@@H]2CCCC[C@H]2Br)cc1. The van der Waals surface area contributed by atoms with Gasteiger partial charge in [-0.25, -0.2) is 0 Å². The Morgan fingerprint density at radius 3 is 2.43 bits per heavy atom. The quantitative estimate of drug-likeness (QED) is 0.370. The molecule has 0 unspecified atom stereocenters. The fraction of sp³-hybridized carbons (Fsp3) is 0.647. The Kier molecular flexibility index (Phi) is 7.53. The van der Waals surface area contributed by atoms with Crippen LogP contribution in [0.25, 0.3) is 0 Å². The molecule has 4 nitrogen and oxygen atoms in total. The van der Waals surface area contributed by atoms with Gasteiger partial charge >= 0.3 is 0 Å². The van der Waals surface area contributed by atoms with Crippen LogP contribution < -0.4 is 0 Å². The Bertz CT molecular complexity index is 571. The molecular weight excluding hydrogens is 380 g/mol. The fourth-order valence-electron chi connectivity index (χ4n) is 2.62. The van der Waals surface area contributed by atoms with Crippen LogP contribution in [0.4, 0.5) is 0 Å². The zero-order valence-corrected chi connectivity index (χ0v) is 15.9. The van der Waals surface area contributed by atoms with Crippen LogP contribution in [0.15, 0.2) is 29.2 Å². The Balaban J connectivity index is 1.64. The fourth-order valence-corrected chi connectivity index (χ4v) is 4.30. The monoisotopic (exact) mass is 404 g/mol. The van der Waals surface area contributed by atoms with Crippen LogP contribution in [0.2, 0.25) is 0 Å². The predicted octanol–water partition coefficient (Wildman–Crippen LogP) is 4.20. The topological polar surface area (TPSA) is 52.6 Å². The van der Waals surface area contributed by atoms with Crippen LogP contribution in [0.5, 0.6) is 0 Å². The van der Waals surface area contributed by atoms with Gasteiger partial charge in [-0.3, -0.25) is 4.18 Å². The van der Waals surface area contributed by atoms with Crippen molar-refractivity contribution >= 4 is 26.0 Å². The van der Waals surface area contributed by atoms with Crippen LogP contribution >= 0.6 is 15.9 Å². The molecule has 1 saturated carbocycles. The van der Waals surface area contributed by atoms with Crippen molar-refractivity contribution in [1.29, 1.82) is 0 Å². The first kappa shape index (κ1) is 18.9. The number of rotatable bonds is 8. The molecule has 130 valence electrons. The highest BCUT2D eigenvalue weighted by molar-refractivity contribution is 9.09. The minimum Gasteiger partial charge on any atom is -0.377 e. The number of benzene rings is 1. The third-order valence-corrected chi connectivity index (χ3v) is 6.41. The van der Waals surface area contributed by atoms with Crippen molar-refractivity contribution in [3.8, 4) is 0 Å². The average molecular weight is 405 g/mol. The number of aryl methyl sites for hydroxylation is 1. The molecule has 6 heteroatoms. The summed E-state index contributed by atoms with van der Waals surface area (Å²) in [5.41, 5.74) is 1.02. The van der Waals surface area contributed by atoms with Gasteiger partial charge in [0.2, 0.25) is 0 Å². The van der Waals surface area contributed by atoms with Crippen LogP contribution in [0, 0.1) is 6.92 Å². The molecule has 0 aliphatic heterocycles. The highest BCUT2D eigenvalue weighted by atomic mass is 79.9. The summed E-state index contributed by atoms with van der Waals surface area (Å²) in [5, 5.41) is 0. The smallest absolute Gasteiger partial charge is 0.296 e. The second kappa shape index (κ2) is 9.16. The lowest BCUT2D eigenvalue weighted by atomic mass is 9.97. The van der Waals surface area contributed by atoms with Gasteiger partial charge in [-0.1, -0.05) is 46.5 Å². The lowest BCUT2D eigenvalue weighted by molar-refractivity contribution is 0.0311. The zero-order valence-electron chi connectivity index (χ0n) is 13.5. The Labute approximate surface area is 147 Å². The number of unbranched alkanes of at least 4 members (excludes halogenated alkanes) is 1. The van der Waals surface area contributed by atoms with Crippen LogP contribution in [-0.4, -0.2) is 32.6 Å². The maximum absolute atomic E-state index is 12.0. The molecule has 2 atom stereocenters. The molecule has 23 heavy (non-hydrogen) atoms. The van der Waals surface area contributed by atoms with E-state index in [1.807, 2.05) is 6.92 Å². The summed E-state index contributed by atoms with van der Waals surface area (Å²) in [7, 11) is -3.64. The van der Waals surface area contributed by atoms with Gasteiger partial charge in [0.05, 0.1) is 17.6 Å². The van der Waals surface area contributed by atoms with Crippen molar-refractivity contribution < 1.29 is 17.3 Å². The first-order valence-electron chi connectivity index (χ1n) is 8.21. The molecule has 0 amide bonds.